The molecule has 1 unspecified atom stereocenters. The highest BCUT2D eigenvalue weighted by Gasteiger charge is 2.29. The lowest BCUT2D eigenvalue weighted by Crippen LogP contribution is -2.46. The highest BCUT2D eigenvalue weighted by molar-refractivity contribution is 5.95. The third kappa shape index (κ3) is 2.66. The third-order valence-corrected chi connectivity index (χ3v) is 3.36. The van der Waals surface area contributed by atoms with Crippen LogP contribution in [0.5, 0.6) is 0 Å². The lowest BCUT2D eigenvalue weighted by atomic mass is 10.0. The number of hydrogen-bond acceptors (Lipinski definition) is 5. The van der Waals surface area contributed by atoms with Crippen LogP contribution in [0.4, 0.5) is 10.2 Å². The molecule has 2 rings (SSSR count). The predicted molar refractivity (Wildman–Crippen MR) is 67.8 cm³/mol. The van der Waals surface area contributed by atoms with Gasteiger partial charge in [0.15, 0.2) is 11.6 Å². The fourth-order valence-corrected chi connectivity index (χ4v) is 2.32. The molecule has 1 fully saturated rings. The molecule has 19 heavy (non-hydrogen) atoms. The van der Waals surface area contributed by atoms with Gasteiger partial charge < -0.3 is 15.4 Å². The fourth-order valence-electron chi connectivity index (χ4n) is 2.32. The van der Waals surface area contributed by atoms with Crippen LogP contribution in [-0.4, -0.2) is 40.1 Å². The Morgan fingerprint density at radius 1 is 1.63 bits per heavy atom. The van der Waals surface area contributed by atoms with Crippen molar-refractivity contribution in [2.24, 2.45) is 5.84 Å². The number of rotatable bonds is 3. The summed E-state index contributed by atoms with van der Waals surface area (Å²) in [5.41, 5.74) is 2.03. The van der Waals surface area contributed by atoms with Crippen LogP contribution in [0.25, 0.3) is 0 Å². The van der Waals surface area contributed by atoms with E-state index in [-0.39, 0.29) is 24.0 Å². The van der Waals surface area contributed by atoms with Gasteiger partial charge in [-0.1, -0.05) is 0 Å². The van der Waals surface area contributed by atoms with E-state index in [9.17, 15) is 14.3 Å². The molecule has 6 nitrogen and oxygen atoms in total. The first-order chi connectivity index (χ1) is 9.19. The quantitative estimate of drug-likeness (QED) is 0.548. The van der Waals surface area contributed by atoms with Gasteiger partial charge in [-0.2, -0.15) is 0 Å². The number of halogens is 1. The molecule has 1 aromatic heterocycles. The fraction of sp³-hybridized carbons (Fsp3) is 0.500. The highest BCUT2D eigenvalue weighted by atomic mass is 19.1. The number of nitrogen functional groups attached to an aromatic ring is 1. The van der Waals surface area contributed by atoms with Gasteiger partial charge in [-0.25, -0.2) is 15.2 Å². The van der Waals surface area contributed by atoms with Gasteiger partial charge in [-0.05, 0) is 25.3 Å². The van der Waals surface area contributed by atoms with Crippen molar-refractivity contribution in [2.45, 2.75) is 25.3 Å². The molecule has 1 amide bonds. The van der Waals surface area contributed by atoms with E-state index in [1.54, 1.807) is 0 Å². The topological polar surface area (TPSA) is 91.5 Å². The molecule has 2 heterocycles. The second kappa shape index (κ2) is 5.94. The van der Waals surface area contributed by atoms with Crippen LogP contribution < -0.4 is 11.3 Å². The number of aromatic nitrogens is 1. The van der Waals surface area contributed by atoms with Crippen molar-refractivity contribution in [3.63, 3.8) is 0 Å². The van der Waals surface area contributed by atoms with Gasteiger partial charge in [0.1, 0.15) is 0 Å². The largest absolute Gasteiger partial charge is 0.394 e. The van der Waals surface area contributed by atoms with Crippen LogP contribution in [0.15, 0.2) is 12.3 Å². The Bertz CT molecular complexity index is 469. The smallest absolute Gasteiger partial charge is 0.257 e. The van der Waals surface area contributed by atoms with Crippen LogP contribution in [0.2, 0.25) is 0 Å². The van der Waals surface area contributed by atoms with E-state index < -0.39 is 11.7 Å². The van der Waals surface area contributed by atoms with Crippen LogP contribution in [0.1, 0.15) is 29.6 Å². The van der Waals surface area contributed by atoms with Crippen LogP contribution >= 0.6 is 0 Å². The molecule has 104 valence electrons. The molecule has 4 N–H and O–H groups in total. The summed E-state index contributed by atoms with van der Waals surface area (Å²) in [6.07, 6.45) is 3.88. The number of pyridine rings is 1. The number of hydrogen-bond donors (Lipinski definition) is 3. The van der Waals surface area contributed by atoms with E-state index in [1.165, 1.54) is 17.2 Å². The molecule has 7 heteroatoms. The number of likely N-dealkylation sites (tertiary alicyclic amines) is 1. The maximum atomic E-state index is 14.0. The number of aliphatic hydroxyl groups excluding tert-OH is 1. The molecular weight excluding hydrogens is 251 g/mol. The maximum Gasteiger partial charge on any atom is 0.257 e. The standard InChI is InChI=1S/C12H17FN4O2/c13-10-9(4-5-15-11(10)16-14)12(19)17-6-2-1-3-8(17)7-18/h4-5,8,18H,1-3,6-7,14H2,(H,15,16). The number of carbonyl (C=O) groups excluding carboxylic acids is 1. The summed E-state index contributed by atoms with van der Waals surface area (Å²) in [4.78, 5) is 17.5. The molecular formula is C12H17FN4O2. The Balaban J connectivity index is 2.28. The molecule has 1 aromatic rings. The number of carbonyl (C=O) groups is 1. The summed E-state index contributed by atoms with van der Waals surface area (Å²) in [6, 6.07) is 1.07. The molecule has 0 saturated carbocycles. The number of piperidine rings is 1. The first-order valence-corrected chi connectivity index (χ1v) is 6.22. The van der Waals surface area contributed by atoms with Gasteiger partial charge in [0.25, 0.3) is 5.91 Å². The number of amides is 1. The minimum atomic E-state index is -0.766. The zero-order valence-electron chi connectivity index (χ0n) is 10.5. The summed E-state index contributed by atoms with van der Waals surface area (Å²) >= 11 is 0. The molecule has 0 aromatic carbocycles. The van der Waals surface area contributed by atoms with Gasteiger partial charge in [-0.15, -0.1) is 0 Å². The van der Waals surface area contributed by atoms with Crippen molar-refractivity contribution < 1.29 is 14.3 Å². The molecule has 1 aliphatic heterocycles. The SMILES string of the molecule is NNc1nccc(C(=O)N2CCCCC2CO)c1F. The molecule has 1 aliphatic rings. The Kier molecular flexibility index (Phi) is 4.28. The van der Waals surface area contributed by atoms with E-state index in [0.717, 1.165) is 19.3 Å². The number of hydrazine groups is 1. The summed E-state index contributed by atoms with van der Waals surface area (Å²) in [5.74, 6) is 3.77. The lowest BCUT2D eigenvalue weighted by Gasteiger charge is -2.34. The zero-order chi connectivity index (χ0) is 13.8. The number of aliphatic hydroxyl groups is 1. The molecule has 0 spiro atoms. The van der Waals surface area contributed by atoms with E-state index in [1.807, 2.05) is 0 Å². The lowest BCUT2D eigenvalue weighted by molar-refractivity contribution is 0.0498. The monoisotopic (exact) mass is 268 g/mol. The van der Waals surface area contributed by atoms with Crippen molar-refractivity contribution in [3.8, 4) is 0 Å². The van der Waals surface area contributed by atoms with Crippen molar-refractivity contribution in [2.75, 3.05) is 18.6 Å². The Hall–Kier alpha value is -1.73. The minimum Gasteiger partial charge on any atom is -0.394 e. The van der Waals surface area contributed by atoms with Gasteiger partial charge in [0, 0.05) is 12.7 Å². The zero-order valence-corrected chi connectivity index (χ0v) is 10.5. The number of anilines is 1. The van der Waals surface area contributed by atoms with Crippen molar-refractivity contribution in [3.05, 3.63) is 23.6 Å². The first kappa shape index (κ1) is 13.7. The Morgan fingerprint density at radius 3 is 3.11 bits per heavy atom. The number of nitrogens with two attached hydrogens (primary N) is 1. The first-order valence-electron chi connectivity index (χ1n) is 6.22. The average Bonchev–Trinajstić information content (AvgIpc) is 2.46. The highest BCUT2D eigenvalue weighted by Crippen LogP contribution is 2.22. The van der Waals surface area contributed by atoms with Gasteiger partial charge >= 0.3 is 0 Å². The van der Waals surface area contributed by atoms with Crippen LogP contribution in [0, 0.1) is 5.82 Å². The predicted octanol–water partition coefficient (Wildman–Crippen LogP) is 0.493. The summed E-state index contributed by atoms with van der Waals surface area (Å²) < 4.78 is 14.0. The van der Waals surface area contributed by atoms with Crippen molar-refractivity contribution in [1.29, 1.82) is 0 Å². The van der Waals surface area contributed by atoms with Crippen LogP contribution in [-0.2, 0) is 0 Å². The second-order valence-corrected chi connectivity index (χ2v) is 4.50. The summed E-state index contributed by atoms with van der Waals surface area (Å²) in [5, 5.41) is 9.29. The van der Waals surface area contributed by atoms with Crippen molar-refractivity contribution >= 4 is 11.7 Å². The number of nitrogens with zero attached hydrogens (tertiary/aromatic N) is 2. The van der Waals surface area contributed by atoms with E-state index in [4.69, 9.17) is 5.84 Å². The molecule has 0 aliphatic carbocycles. The maximum absolute atomic E-state index is 14.0. The molecule has 0 radical (unpaired) electrons. The average molecular weight is 268 g/mol. The van der Waals surface area contributed by atoms with Crippen LogP contribution in [0.3, 0.4) is 0 Å². The molecule has 0 bridgehead atoms. The van der Waals surface area contributed by atoms with E-state index in [0.29, 0.717) is 6.54 Å². The number of nitrogens with one attached hydrogen (secondary N) is 1. The van der Waals surface area contributed by atoms with E-state index >= 15 is 0 Å². The van der Waals surface area contributed by atoms with Crippen molar-refractivity contribution in [1.82, 2.24) is 9.88 Å². The Labute approximate surface area is 110 Å². The second-order valence-electron chi connectivity index (χ2n) is 4.50. The van der Waals surface area contributed by atoms with Gasteiger partial charge in [0.2, 0.25) is 0 Å². The van der Waals surface area contributed by atoms with Gasteiger partial charge in [-0.3, -0.25) is 4.79 Å². The molecule has 1 saturated heterocycles. The molecule has 1 atom stereocenters. The summed E-state index contributed by atoms with van der Waals surface area (Å²) in [7, 11) is 0. The van der Waals surface area contributed by atoms with Gasteiger partial charge in [0.05, 0.1) is 18.2 Å². The minimum absolute atomic E-state index is 0.0803. The summed E-state index contributed by atoms with van der Waals surface area (Å²) in [6.45, 7) is 0.414. The third-order valence-electron chi connectivity index (χ3n) is 3.36. The van der Waals surface area contributed by atoms with E-state index in [2.05, 4.69) is 10.4 Å². The normalized spacial score (nSPS) is 19.3. The Morgan fingerprint density at radius 2 is 2.42 bits per heavy atom.